The van der Waals surface area contributed by atoms with Crippen LogP contribution in [0.2, 0.25) is 0 Å². The summed E-state index contributed by atoms with van der Waals surface area (Å²) >= 11 is 6.82. The van der Waals surface area contributed by atoms with Crippen molar-refractivity contribution in [2.24, 2.45) is 0 Å². The van der Waals surface area contributed by atoms with E-state index in [0.717, 1.165) is 48.8 Å². The molecule has 0 bridgehead atoms. The third-order valence-electron chi connectivity index (χ3n) is 14.6. The maximum Gasteiger partial charge on any atom is 0.115 e. The van der Waals surface area contributed by atoms with Crippen LogP contribution in [0.15, 0.2) is 204 Å². The Morgan fingerprint density at radius 1 is 0.314 bits per heavy atom. The Morgan fingerprint density at radius 2 is 0.586 bits per heavy atom. The van der Waals surface area contributed by atoms with Crippen LogP contribution in [0.5, 0.6) is 0 Å². The van der Waals surface area contributed by atoms with Gasteiger partial charge in [0.25, 0.3) is 0 Å². The fourth-order valence-corrected chi connectivity index (χ4v) is 12.0. The van der Waals surface area contributed by atoms with Crippen LogP contribution in [-0.4, -0.2) is 19.9 Å². The smallest absolute Gasteiger partial charge is 0.115 e. The molecular formula is C62H52Br2N6. The lowest BCUT2D eigenvalue weighted by Crippen LogP contribution is -2.31. The van der Waals surface area contributed by atoms with E-state index in [-0.39, 0.29) is 16.2 Å². The van der Waals surface area contributed by atoms with Gasteiger partial charge in [-0.2, -0.15) is 0 Å². The molecule has 0 spiro atoms. The lowest BCUT2D eigenvalue weighted by atomic mass is 9.69. The van der Waals surface area contributed by atoms with Crippen molar-refractivity contribution >= 4 is 88.1 Å². The van der Waals surface area contributed by atoms with Gasteiger partial charge >= 0.3 is 0 Å². The summed E-state index contributed by atoms with van der Waals surface area (Å²) in [4.78, 5) is 23.2. The van der Waals surface area contributed by atoms with Gasteiger partial charge in [0.2, 0.25) is 0 Å². The number of rotatable bonds is 2. The molecule has 70 heavy (non-hydrogen) atoms. The Balaban J connectivity index is 0.000000154. The van der Waals surface area contributed by atoms with Crippen molar-refractivity contribution in [2.45, 2.75) is 64.2 Å². The fraction of sp³-hybridized carbons (Fsp3) is 0.161. The van der Waals surface area contributed by atoms with E-state index in [4.69, 9.17) is 9.97 Å². The zero-order valence-electron chi connectivity index (χ0n) is 40.1. The molecule has 0 N–H and O–H groups in total. The molecule has 13 rings (SSSR count). The van der Waals surface area contributed by atoms with E-state index in [9.17, 15) is 0 Å². The third-order valence-corrected chi connectivity index (χ3v) is 15.9. The normalized spacial score (nSPS) is 15.1. The van der Waals surface area contributed by atoms with Gasteiger partial charge in [-0.05, 0) is 131 Å². The van der Waals surface area contributed by atoms with Crippen molar-refractivity contribution in [1.29, 1.82) is 0 Å². The first-order chi connectivity index (χ1) is 33.9. The number of anilines is 6. The van der Waals surface area contributed by atoms with Crippen LogP contribution in [0.1, 0.15) is 86.1 Å². The number of para-hydroxylation sites is 4. The standard InChI is InChI=1S/C38H32N4.C16H16.C8H4Br2N2/c1-37(2)25-13-5-9-17-29(25)41(30-18-10-6-14-26(30)37)33-21-22-34(36-35(33)39-23-24-40-36)42-31-19-11-7-15-27(31)38(3,4)28-16-8-12-20-32(28)42;1-16(2)14-9-5-3-7-12(14)11-13-8-4-6-10-15(13)16;9-5-1-2-6(10)8-7(5)11-3-4-12-8/h5-24H,1-4H3;3-10H,11H2,1-2H3;1-4H. The molecule has 0 radical (unpaired) electrons. The summed E-state index contributed by atoms with van der Waals surface area (Å²) in [7, 11) is 0. The Morgan fingerprint density at radius 3 is 0.929 bits per heavy atom. The number of hydrogen-bond donors (Lipinski definition) is 0. The molecule has 6 nitrogen and oxygen atoms in total. The average molecular weight is 1040 g/mol. The molecule has 8 aromatic carbocycles. The monoisotopic (exact) mass is 1040 g/mol. The first-order valence-electron chi connectivity index (χ1n) is 23.8. The minimum atomic E-state index is -0.126. The first kappa shape index (κ1) is 45.4. The highest BCUT2D eigenvalue weighted by Gasteiger charge is 2.40. The highest BCUT2D eigenvalue weighted by atomic mass is 79.9. The van der Waals surface area contributed by atoms with Crippen molar-refractivity contribution < 1.29 is 0 Å². The average Bonchev–Trinajstić information content (AvgIpc) is 3.39. The second-order valence-corrected chi connectivity index (χ2v) is 21.5. The number of aromatic nitrogens is 4. The van der Waals surface area contributed by atoms with Gasteiger partial charge in [-0.25, -0.2) is 0 Å². The van der Waals surface area contributed by atoms with Crippen molar-refractivity contribution in [3.05, 3.63) is 248 Å². The Bertz CT molecular complexity index is 3300. The van der Waals surface area contributed by atoms with Crippen molar-refractivity contribution in [3.63, 3.8) is 0 Å². The summed E-state index contributed by atoms with van der Waals surface area (Å²) in [5, 5.41) is 0. The van der Waals surface area contributed by atoms with Crippen LogP contribution in [0.25, 0.3) is 22.1 Å². The molecule has 3 aliphatic rings. The van der Waals surface area contributed by atoms with Crippen LogP contribution in [0.4, 0.5) is 34.1 Å². The van der Waals surface area contributed by atoms with Crippen LogP contribution < -0.4 is 9.80 Å². The van der Waals surface area contributed by atoms with Crippen molar-refractivity contribution in [1.82, 2.24) is 19.9 Å². The number of halogens is 2. The van der Waals surface area contributed by atoms with Crippen LogP contribution in [0.3, 0.4) is 0 Å². The molecule has 0 saturated heterocycles. The number of benzene rings is 8. The Labute approximate surface area is 427 Å². The second-order valence-electron chi connectivity index (χ2n) is 19.7. The summed E-state index contributed by atoms with van der Waals surface area (Å²) in [5.41, 5.74) is 21.3. The summed E-state index contributed by atoms with van der Waals surface area (Å²) in [5.74, 6) is 0. The van der Waals surface area contributed by atoms with Gasteiger partial charge < -0.3 is 9.80 Å². The molecule has 0 saturated carbocycles. The lowest BCUT2D eigenvalue weighted by Gasteiger charge is -2.43. The van der Waals surface area contributed by atoms with E-state index in [2.05, 4.69) is 251 Å². The van der Waals surface area contributed by atoms with E-state index < -0.39 is 0 Å². The minimum Gasteiger partial charge on any atom is -0.308 e. The molecule has 4 heterocycles. The third kappa shape index (κ3) is 7.51. The van der Waals surface area contributed by atoms with Gasteiger partial charge in [0.15, 0.2) is 0 Å². The maximum atomic E-state index is 5.00. The molecule has 2 aliphatic heterocycles. The molecule has 0 amide bonds. The molecule has 0 unspecified atom stereocenters. The predicted octanol–water partition coefficient (Wildman–Crippen LogP) is 16.9. The lowest BCUT2D eigenvalue weighted by molar-refractivity contribution is 0.610. The maximum absolute atomic E-state index is 5.00. The SMILES string of the molecule is Brc1ccc(Br)c2nccnc12.CC1(C)c2ccccc2Cc2ccccc21.CC1(C)c2ccccc2N(c2ccc(N3c4ccccc4C(C)(C)c4ccccc43)c3nccnc23)c2ccccc21. The van der Waals surface area contributed by atoms with Crippen LogP contribution in [0, 0.1) is 0 Å². The molecule has 10 aromatic rings. The van der Waals surface area contributed by atoms with Gasteiger partial charge in [0.05, 0.1) is 34.1 Å². The molecule has 8 heteroatoms. The largest absolute Gasteiger partial charge is 0.308 e. The zero-order valence-corrected chi connectivity index (χ0v) is 43.3. The van der Waals surface area contributed by atoms with E-state index in [1.165, 1.54) is 67.3 Å². The topological polar surface area (TPSA) is 58.0 Å². The van der Waals surface area contributed by atoms with Gasteiger partial charge in [0.1, 0.15) is 22.1 Å². The van der Waals surface area contributed by atoms with E-state index >= 15 is 0 Å². The molecule has 1 aliphatic carbocycles. The number of fused-ring (bicyclic) bond motifs is 8. The highest BCUT2D eigenvalue weighted by Crippen LogP contribution is 2.56. The van der Waals surface area contributed by atoms with Gasteiger partial charge in [-0.1, -0.05) is 163 Å². The van der Waals surface area contributed by atoms with Crippen LogP contribution >= 0.6 is 31.9 Å². The van der Waals surface area contributed by atoms with Crippen molar-refractivity contribution in [2.75, 3.05) is 9.80 Å². The number of hydrogen-bond acceptors (Lipinski definition) is 6. The predicted molar refractivity (Wildman–Crippen MR) is 296 cm³/mol. The Hall–Kier alpha value is -7.00. The fourth-order valence-electron chi connectivity index (χ4n) is 11.2. The first-order valence-corrected chi connectivity index (χ1v) is 25.4. The van der Waals surface area contributed by atoms with E-state index in [1.807, 2.05) is 24.5 Å². The number of nitrogens with zero attached hydrogens (tertiary/aromatic N) is 6. The summed E-state index contributed by atoms with van der Waals surface area (Å²) in [6.07, 6.45) is 8.06. The van der Waals surface area contributed by atoms with Crippen molar-refractivity contribution in [3.8, 4) is 0 Å². The molecule has 0 fully saturated rings. The zero-order chi connectivity index (χ0) is 48.4. The van der Waals surface area contributed by atoms with Gasteiger partial charge in [0, 0.05) is 50.0 Å². The molecule has 344 valence electrons. The van der Waals surface area contributed by atoms with E-state index in [1.54, 1.807) is 12.4 Å². The minimum absolute atomic E-state index is 0.126. The summed E-state index contributed by atoms with van der Waals surface area (Å²) in [6.45, 7) is 13.9. The molecule has 2 aromatic heterocycles. The Kier molecular flexibility index (Phi) is 11.5. The van der Waals surface area contributed by atoms with Gasteiger partial charge in [-0.3, -0.25) is 19.9 Å². The van der Waals surface area contributed by atoms with E-state index in [0.29, 0.717) is 0 Å². The highest BCUT2D eigenvalue weighted by molar-refractivity contribution is 9.11. The van der Waals surface area contributed by atoms with Gasteiger partial charge in [-0.15, -0.1) is 0 Å². The quantitative estimate of drug-likeness (QED) is 0.172. The molecular weight excluding hydrogens is 989 g/mol. The molecule has 0 atom stereocenters. The van der Waals surface area contributed by atoms with Crippen LogP contribution in [-0.2, 0) is 22.7 Å². The summed E-state index contributed by atoms with van der Waals surface area (Å²) in [6, 6.07) is 60.9. The summed E-state index contributed by atoms with van der Waals surface area (Å²) < 4.78 is 1.93. The second kappa shape index (κ2) is 17.8.